The predicted molar refractivity (Wildman–Crippen MR) is 235 cm³/mol. The topological polar surface area (TPSA) is 108 Å². The van der Waals surface area contributed by atoms with Gasteiger partial charge in [0.05, 0.1) is 5.56 Å². The van der Waals surface area contributed by atoms with E-state index in [-0.39, 0.29) is 39.7 Å². The molecule has 16 heteroatoms. The molecule has 0 spiro atoms. The molecular formula is C49H35F6IrN7O2-2. The van der Waals surface area contributed by atoms with Crippen LogP contribution < -0.4 is 0 Å². The zero-order chi connectivity index (χ0) is 45.3. The van der Waals surface area contributed by atoms with E-state index in [2.05, 4.69) is 61.8 Å². The minimum atomic E-state index is -4.00. The molecule has 9 nitrogen and oxygen atoms in total. The zero-order valence-corrected chi connectivity index (χ0v) is 36.6. The Morgan fingerprint density at radius 1 is 0.477 bits per heavy atom. The Balaban J connectivity index is 0.000000146. The number of nitrogens with zero attached hydrogens (tertiary/aromatic N) is 7. The third-order valence-electron chi connectivity index (χ3n) is 8.80. The van der Waals surface area contributed by atoms with Crippen molar-refractivity contribution < 1.29 is 56.0 Å². The van der Waals surface area contributed by atoms with Gasteiger partial charge in [-0.25, -0.2) is 4.98 Å². The molecule has 0 aliphatic rings. The Kier molecular flexibility index (Phi) is 15.1. The van der Waals surface area contributed by atoms with E-state index in [0.29, 0.717) is 11.5 Å². The van der Waals surface area contributed by atoms with Crippen LogP contribution in [0, 0.1) is 12.1 Å². The summed E-state index contributed by atoms with van der Waals surface area (Å²) in [7, 11) is 0. The van der Waals surface area contributed by atoms with E-state index in [4.69, 9.17) is 4.42 Å². The third kappa shape index (κ3) is 12.8. The second-order valence-corrected chi connectivity index (χ2v) is 13.8. The molecule has 11 aromatic rings. The van der Waals surface area contributed by atoms with Crippen molar-refractivity contribution in [2.24, 2.45) is 0 Å². The number of aromatic nitrogens is 7. The number of hydrogen-bond donors (Lipinski definition) is 1. The summed E-state index contributed by atoms with van der Waals surface area (Å²) in [5.41, 5.74) is 7.46. The van der Waals surface area contributed by atoms with Gasteiger partial charge in [-0.1, -0.05) is 84.9 Å². The fraction of sp³-hybridized carbons (Fsp3) is 0.0816. The van der Waals surface area contributed by atoms with Gasteiger partial charge in [0.15, 0.2) is 5.58 Å². The molecule has 0 saturated heterocycles. The Bertz CT molecular complexity index is 3010. The first-order chi connectivity index (χ1) is 30.7. The minimum absolute atomic E-state index is 0. The van der Waals surface area contributed by atoms with E-state index in [1.165, 1.54) is 0 Å². The number of oxazole rings is 1. The summed E-state index contributed by atoms with van der Waals surface area (Å²) in [6.45, 7) is 0.375. The SMILES string of the molecule is CC(F)(F)F.CC(F)(F)F.Oc1ccccc1-c1nc2ccccc2o1.[Ir].[c-]1ccc2ccccc2c1-n1nc2ccccc2n1.[c-]1ccc2ccccc2c1-n1nc2ccccc2n1. The molecule has 0 fully saturated rings. The maximum atomic E-state index is 10.4. The van der Waals surface area contributed by atoms with Crippen LogP contribution >= 0.6 is 0 Å². The van der Waals surface area contributed by atoms with E-state index in [1.807, 2.05) is 127 Å². The number of phenols is 1. The molecule has 0 amide bonds. The molecule has 8 aromatic carbocycles. The number of fused-ring (bicyclic) bond motifs is 5. The van der Waals surface area contributed by atoms with E-state index in [1.54, 1.807) is 27.8 Å². The van der Waals surface area contributed by atoms with Crippen molar-refractivity contribution in [2.45, 2.75) is 26.2 Å². The summed E-state index contributed by atoms with van der Waals surface area (Å²) in [4.78, 5) is 7.64. The molecule has 0 atom stereocenters. The summed E-state index contributed by atoms with van der Waals surface area (Å²) in [6.07, 6.45) is -8.00. The molecule has 1 N–H and O–H groups in total. The van der Waals surface area contributed by atoms with Gasteiger partial charge in [-0.3, -0.25) is 0 Å². The number of rotatable bonds is 3. The molecule has 65 heavy (non-hydrogen) atoms. The van der Waals surface area contributed by atoms with E-state index < -0.39 is 12.4 Å². The molecule has 0 unspecified atom stereocenters. The van der Waals surface area contributed by atoms with Gasteiger partial charge < -0.3 is 9.52 Å². The molecule has 3 heterocycles. The Labute approximate surface area is 380 Å². The number of aromatic hydroxyl groups is 1. The molecule has 11 rings (SSSR count). The first-order valence-electron chi connectivity index (χ1n) is 19.4. The number of hydrogen-bond acceptors (Lipinski definition) is 7. The van der Waals surface area contributed by atoms with Crippen LogP contribution in [0.5, 0.6) is 5.75 Å². The Morgan fingerprint density at radius 2 is 0.831 bits per heavy atom. The van der Waals surface area contributed by atoms with Crippen molar-refractivity contribution in [2.75, 3.05) is 0 Å². The van der Waals surface area contributed by atoms with Gasteiger partial charge in [-0.15, -0.1) is 33.7 Å². The summed E-state index contributed by atoms with van der Waals surface area (Å²) >= 11 is 0. The largest absolute Gasteiger partial charge is 0.507 e. The predicted octanol–water partition coefficient (Wildman–Crippen LogP) is 13.1. The second-order valence-electron chi connectivity index (χ2n) is 13.8. The van der Waals surface area contributed by atoms with Gasteiger partial charge in [0.2, 0.25) is 5.89 Å². The zero-order valence-electron chi connectivity index (χ0n) is 34.3. The first kappa shape index (κ1) is 47.1. The van der Waals surface area contributed by atoms with Crippen LogP contribution in [0.25, 0.3) is 77.5 Å². The van der Waals surface area contributed by atoms with Crippen molar-refractivity contribution in [1.29, 1.82) is 0 Å². The van der Waals surface area contributed by atoms with Crippen LogP contribution in [0.1, 0.15) is 13.8 Å². The molecule has 3 aromatic heterocycles. The number of halogens is 6. The van der Waals surface area contributed by atoms with Gasteiger partial charge >= 0.3 is 12.4 Å². The average Bonchev–Trinajstić information content (AvgIpc) is 4.03. The fourth-order valence-corrected chi connectivity index (χ4v) is 6.18. The fourth-order valence-electron chi connectivity index (χ4n) is 6.18. The van der Waals surface area contributed by atoms with Gasteiger partial charge in [0.25, 0.3) is 0 Å². The summed E-state index contributed by atoms with van der Waals surface area (Å²) in [5, 5.41) is 32.3. The van der Waals surface area contributed by atoms with Crippen LogP contribution in [-0.4, -0.2) is 52.4 Å². The molecular weight excluding hydrogens is 1020 g/mol. The summed E-state index contributed by atoms with van der Waals surface area (Å²) in [6, 6.07) is 61.0. The van der Waals surface area contributed by atoms with Crippen molar-refractivity contribution >= 4 is 54.7 Å². The third-order valence-corrected chi connectivity index (χ3v) is 8.80. The van der Waals surface area contributed by atoms with Crippen LogP contribution in [0.3, 0.4) is 0 Å². The molecule has 331 valence electrons. The summed E-state index contributed by atoms with van der Waals surface area (Å²) < 4.78 is 67.7. The van der Waals surface area contributed by atoms with Crippen molar-refractivity contribution in [3.8, 4) is 28.6 Å². The van der Waals surface area contributed by atoms with Crippen molar-refractivity contribution in [3.05, 3.63) is 182 Å². The number of alkyl halides is 6. The molecule has 0 aliphatic carbocycles. The number of phenolic OH excluding ortho intramolecular Hbond substituents is 1. The van der Waals surface area contributed by atoms with Gasteiger partial charge in [-0.05, 0) is 59.9 Å². The monoisotopic (exact) mass is 1060 g/mol. The number of para-hydroxylation sites is 3. The maximum absolute atomic E-state index is 10.4. The Hall–Kier alpha value is -7.42. The Morgan fingerprint density at radius 3 is 1.25 bits per heavy atom. The normalized spacial score (nSPS) is 11.0. The second kappa shape index (κ2) is 20.8. The van der Waals surface area contributed by atoms with E-state index in [0.717, 1.165) is 66.1 Å². The molecule has 0 aliphatic heterocycles. The van der Waals surface area contributed by atoms with Crippen LogP contribution in [-0.2, 0) is 20.1 Å². The van der Waals surface area contributed by atoms with E-state index in [9.17, 15) is 31.4 Å². The average molecular weight is 1060 g/mol. The summed E-state index contributed by atoms with van der Waals surface area (Å²) in [5.74, 6) is 0.619. The molecule has 0 saturated carbocycles. The van der Waals surface area contributed by atoms with Gasteiger partial charge in [0.1, 0.15) is 33.3 Å². The maximum Gasteiger partial charge on any atom is 0.386 e. The van der Waals surface area contributed by atoms with Crippen molar-refractivity contribution in [3.63, 3.8) is 0 Å². The van der Waals surface area contributed by atoms with Crippen LogP contribution in [0.15, 0.2) is 174 Å². The quantitative estimate of drug-likeness (QED) is 0.139. The number of benzene rings is 8. The van der Waals surface area contributed by atoms with Crippen molar-refractivity contribution in [1.82, 2.24) is 35.0 Å². The minimum Gasteiger partial charge on any atom is -0.507 e. The van der Waals surface area contributed by atoms with Crippen LogP contribution in [0.4, 0.5) is 26.3 Å². The van der Waals surface area contributed by atoms with Gasteiger partial charge in [-0.2, -0.15) is 92.7 Å². The smallest absolute Gasteiger partial charge is 0.386 e. The standard InChI is InChI=1S/2C16H10N3.C13H9NO2.2C2H3F3.Ir/c2*1-2-8-13-12(6-1)7-5-11-16(13)19-17-14-9-3-4-10-15(14)18-19;15-11-7-3-1-5-9(11)13-14-10-6-2-4-8-12(10)16-13;2*1-2(3,4)5;/h2*1-10H;1-8,15H;2*1H3;/q2*-1;;;;. The molecule has 1 radical (unpaired) electrons. The van der Waals surface area contributed by atoms with E-state index >= 15 is 0 Å². The molecule has 0 bridgehead atoms. The van der Waals surface area contributed by atoms with Crippen LogP contribution in [0.2, 0.25) is 0 Å². The van der Waals surface area contributed by atoms with Gasteiger partial charge in [0, 0.05) is 34.0 Å². The first-order valence-corrected chi connectivity index (χ1v) is 19.4.